The minimum Gasteiger partial charge on any atom is -0.493 e. The number of carbonyl (C=O) groups is 3. The second-order valence-corrected chi connectivity index (χ2v) is 10.9. The molecule has 0 aliphatic carbocycles. The van der Waals surface area contributed by atoms with Gasteiger partial charge in [-0.1, -0.05) is 66.2 Å². The van der Waals surface area contributed by atoms with E-state index >= 15 is 0 Å². The number of carbonyl (C=O) groups excluding carboxylic acids is 3. The lowest BCUT2D eigenvalue weighted by Crippen LogP contribution is -2.36. The van der Waals surface area contributed by atoms with Crippen molar-refractivity contribution >= 4 is 51.4 Å². The minimum absolute atomic E-state index is 0.233. The second kappa shape index (κ2) is 11.9. The molecule has 0 radical (unpaired) electrons. The Hall–Kier alpha value is -4.56. The lowest BCUT2D eigenvalue weighted by atomic mass is 10.1. The summed E-state index contributed by atoms with van der Waals surface area (Å²) in [5.41, 5.74) is 5.35. The van der Waals surface area contributed by atoms with E-state index in [1.807, 2.05) is 57.2 Å². The Morgan fingerprint density at radius 2 is 1.66 bits per heavy atom. The Morgan fingerprint density at radius 3 is 2.41 bits per heavy atom. The van der Waals surface area contributed by atoms with Crippen molar-refractivity contribution in [1.29, 1.82) is 0 Å². The number of benzene rings is 4. The number of rotatable bonds is 8. The number of imide groups is 1. The van der Waals surface area contributed by atoms with Crippen LogP contribution in [0.25, 0.3) is 16.8 Å². The highest BCUT2D eigenvalue weighted by Crippen LogP contribution is 2.35. The molecule has 1 heterocycles. The van der Waals surface area contributed by atoms with E-state index in [0.29, 0.717) is 29.4 Å². The summed E-state index contributed by atoms with van der Waals surface area (Å²) in [6.45, 7) is 5.80. The molecule has 0 atom stereocenters. The van der Waals surface area contributed by atoms with Crippen LogP contribution in [0.5, 0.6) is 11.5 Å². The number of nitrogens with zero attached hydrogens (tertiary/aromatic N) is 1. The molecule has 8 heteroatoms. The van der Waals surface area contributed by atoms with E-state index in [1.165, 1.54) is 0 Å². The summed E-state index contributed by atoms with van der Waals surface area (Å²) in [7, 11) is 1.55. The van der Waals surface area contributed by atoms with E-state index in [-0.39, 0.29) is 11.4 Å². The lowest BCUT2D eigenvalue weighted by molar-refractivity contribution is -0.127. The van der Waals surface area contributed by atoms with E-state index < -0.39 is 17.1 Å². The third-order valence-corrected chi connectivity index (χ3v) is 7.77. The van der Waals surface area contributed by atoms with Gasteiger partial charge in [0, 0.05) is 5.69 Å². The smallest absolute Gasteiger partial charge is 0.294 e. The normalized spacial score (nSPS) is 14.1. The van der Waals surface area contributed by atoms with Gasteiger partial charge in [-0.2, -0.15) is 0 Å². The average Bonchev–Trinajstić information content (AvgIpc) is 3.21. The van der Waals surface area contributed by atoms with Gasteiger partial charge in [-0.25, -0.2) is 0 Å². The molecule has 208 valence electrons. The summed E-state index contributed by atoms with van der Waals surface area (Å²) >= 11 is 0.806. The fourth-order valence-electron chi connectivity index (χ4n) is 4.95. The Balaban J connectivity index is 1.27. The second-order valence-electron chi connectivity index (χ2n) is 9.93. The quantitative estimate of drug-likeness (QED) is 0.231. The van der Waals surface area contributed by atoms with Crippen molar-refractivity contribution in [3.05, 3.63) is 106 Å². The van der Waals surface area contributed by atoms with Crippen LogP contribution in [0, 0.1) is 20.8 Å². The largest absolute Gasteiger partial charge is 0.493 e. The zero-order valence-electron chi connectivity index (χ0n) is 23.3. The van der Waals surface area contributed by atoms with Crippen molar-refractivity contribution in [2.24, 2.45) is 0 Å². The third-order valence-electron chi connectivity index (χ3n) is 6.87. The molecule has 0 bridgehead atoms. The number of hydrogen-bond donors (Lipinski definition) is 1. The van der Waals surface area contributed by atoms with Crippen LogP contribution in [-0.4, -0.2) is 35.6 Å². The average molecular weight is 567 g/mol. The first-order valence-corrected chi connectivity index (χ1v) is 14.0. The first kappa shape index (κ1) is 28.0. The van der Waals surface area contributed by atoms with E-state index in [0.717, 1.165) is 49.7 Å². The fraction of sp³-hybridized carbons (Fsp3) is 0.182. The van der Waals surface area contributed by atoms with Crippen LogP contribution in [-0.2, 0) is 16.2 Å². The summed E-state index contributed by atoms with van der Waals surface area (Å²) in [5, 5.41) is 4.62. The Morgan fingerprint density at radius 1 is 0.927 bits per heavy atom. The monoisotopic (exact) mass is 566 g/mol. The molecule has 5 rings (SSSR count). The Kier molecular flexibility index (Phi) is 8.12. The first-order chi connectivity index (χ1) is 19.7. The lowest BCUT2D eigenvalue weighted by Gasteiger charge is -2.16. The van der Waals surface area contributed by atoms with Crippen molar-refractivity contribution < 1.29 is 23.9 Å². The molecule has 1 saturated heterocycles. The van der Waals surface area contributed by atoms with Crippen LogP contribution in [0.4, 0.5) is 10.5 Å². The predicted molar refractivity (Wildman–Crippen MR) is 163 cm³/mol. The van der Waals surface area contributed by atoms with E-state index in [9.17, 15) is 14.4 Å². The maximum absolute atomic E-state index is 13.1. The number of nitrogens with one attached hydrogen (secondary N) is 1. The van der Waals surface area contributed by atoms with Gasteiger partial charge in [-0.05, 0) is 83.8 Å². The van der Waals surface area contributed by atoms with Gasteiger partial charge in [0.25, 0.3) is 11.1 Å². The highest BCUT2D eigenvalue weighted by Gasteiger charge is 2.36. The van der Waals surface area contributed by atoms with Crippen LogP contribution >= 0.6 is 11.8 Å². The standard InChI is InChI=1S/C33H30N2O5S/c1-20-14-21(2)31(22(3)15-20)34-30(36)18-35-32(37)29(41-33(35)38)17-23-12-13-27(28(16-23)39-4)40-19-25-10-7-9-24-8-5-6-11-26(24)25/h5-17H,18-19H2,1-4H3,(H,34,36)/b29-17+. The predicted octanol–water partition coefficient (Wildman–Crippen LogP) is 7.03. The van der Waals surface area contributed by atoms with Crippen molar-refractivity contribution in [1.82, 2.24) is 4.90 Å². The topological polar surface area (TPSA) is 84.9 Å². The summed E-state index contributed by atoms with van der Waals surface area (Å²) in [6, 6.07) is 23.5. The highest BCUT2D eigenvalue weighted by atomic mass is 32.2. The van der Waals surface area contributed by atoms with E-state index in [1.54, 1.807) is 31.4 Å². The molecule has 1 aliphatic rings. The van der Waals surface area contributed by atoms with Gasteiger partial charge in [-0.15, -0.1) is 0 Å². The van der Waals surface area contributed by atoms with Gasteiger partial charge in [0.1, 0.15) is 13.2 Å². The Labute approximate surface area is 243 Å². The summed E-state index contributed by atoms with van der Waals surface area (Å²) in [4.78, 5) is 39.6. The van der Waals surface area contributed by atoms with Crippen LogP contribution < -0.4 is 14.8 Å². The molecule has 1 fully saturated rings. The van der Waals surface area contributed by atoms with Gasteiger partial charge in [0.15, 0.2) is 11.5 Å². The molecule has 0 unspecified atom stereocenters. The maximum atomic E-state index is 13.1. The van der Waals surface area contributed by atoms with Crippen molar-refractivity contribution in [2.75, 3.05) is 19.0 Å². The summed E-state index contributed by atoms with van der Waals surface area (Å²) in [6.07, 6.45) is 1.62. The molecule has 0 aromatic heterocycles. The maximum Gasteiger partial charge on any atom is 0.294 e. The van der Waals surface area contributed by atoms with Gasteiger partial charge in [-0.3, -0.25) is 19.3 Å². The number of hydrogen-bond acceptors (Lipinski definition) is 6. The van der Waals surface area contributed by atoms with Crippen molar-refractivity contribution in [3.63, 3.8) is 0 Å². The zero-order chi connectivity index (χ0) is 29.1. The molecule has 4 aromatic carbocycles. The van der Waals surface area contributed by atoms with Crippen LogP contribution in [0.1, 0.15) is 27.8 Å². The molecule has 1 N–H and O–H groups in total. The molecule has 0 saturated carbocycles. The number of ether oxygens (including phenoxy) is 2. The fourth-order valence-corrected chi connectivity index (χ4v) is 5.79. The van der Waals surface area contributed by atoms with Crippen molar-refractivity contribution in [3.8, 4) is 11.5 Å². The van der Waals surface area contributed by atoms with Gasteiger partial charge in [0.05, 0.1) is 12.0 Å². The molecule has 41 heavy (non-hydrogen) atoms. The number of fused-ring (bicyclic) bond motifs is 1. The molecule has 3 amide bonds. The third kappa shape index (κ3) is 6.12. The molecular formula is C33H30N2O5S. The number of methoxy groups -OCH3 is 1. The number of thioether (sulfide) groups is 1. The van der Waals surface area contributed by atoms with E-state index in [2.05, 4.69) is 23.5 Å². The van der Waals surface area contributed by atoms with Gasteiger partial charge < -0.3 is 14.8 Å². The minimum atomic E-state index is -0.511. The highest BCUT2D eigenvalue weighted by molar-refractivity contribution is 8.18. The Bertz CT molecular complexity index is 1680. The number of anilines is 1. The van der Waals surface area contributed by atoms with Gasteiger partial charge >= 0.3 is 0 Å². The van der Waals surface area contributed by atoms with Crippen LogP contribution in [0.2, 0.25) is 0 Å². The molecule has 0 spiro atoms. The number of amides is 3. The zero-order valence-corrected chi connectivity index (χ0v) is 24.1. The molecular weight excluding hydrogens is 536 g/mol. The molecule has 1 aliphatic heterocycles. The van der Waals surface area contributed by atoms with Crippen LogP contribution in [0.3, 0.4) is 0 Å². The first-order valence-electron chi connectivity index (χ1n) is 13.1. The molecule has 4 aromatic rings. The van der Waals surface area contributed by atoms with Crippen molar-refractivity contribution in [2.45, 2.75) is 27.4 Å². The summed E-state index contributed by atoms with van der Waals surface area (Å²) < 4.78 is 11.6. The summed E-state index contributed by atoms with van der Waals surface area (Å²) in [5.74, 6) is 0.117. The number of aryl methyl sites for hydroxylation is 3. The van der Waals surface area contributed by atoms with Crippen LogP contribution in [0.15, 0.2) is 77.7 Å². The molecule has 7 nitrogen and oxygen atoms in total. The SMILES string of the molecule is COc1cc(/C=C2/SC(=O)N(CC(=O)Nc3c(C)cc(C)cc3C)C2=O)ccc1OCc1cccc2ccccc12. The van der Waals surface area contributed by atoms with E-state index in [4.69, 9.17) is 9.47 Å². The van der Waals surface area contributed by atoms with Gasteiger partial charge in [0.2, 0.25) is 5.91 Å².